The number of hydrogen-bond acceptors (Lipinski definition) is 5. The van der Waals surface area contributed by atoms with Gasteiger partial charge >= 0.3 is 0 Å². The second kappa shape index (κ2) is 5.68. The highest BCUT2D eigenvalue weighted by Crippen LogP contribution is 2.29. The van der Waals surface area contributed by atoms with E-state index in [4.69, 9.17) is 5.84 Å². The second-order valence-corrected chi connectivity index (χ2v) is 7.85. The molecule has 3 N–H and O–H groups in total. The predicted molar refractivity (Wildman–Crippen MR) is 74.7 cm³/mol. The molecule has 0 aliphatic heterocycles. The standard InChI is InChI=1S/C10H19BrN4O2S/c1-6(2)15-10(8(11)5-13-15)9(14-12)7(3)18(4,16)17/h5-7,9,14H,12H2,1-4H3. The maximum atomic E-state index is 11.7. The highest BCUT2D eigenvalue weighted by molar-refractivity contribution is 9.10. The zero-order valence-electron chi connectivity index (χ0n) is 10.9. The number of rotatable bonds is 5. The van der Waals surface area contributed by atoms with Gasteiger partial charge in [0, 0.05) is 12.3 Å². The van der Waals surface area contributed by atoms with Crippen molar-refractivity contribution in [3.05, 3.63) is 16.4 Å². The molecule has 0 aliphatic rings. The molecular formula is C10H19BrN4O2S. The smallest absolute Gasteiger partial charge is 0.152 e. The van der Waals surface area contributed by atoms with Gasteiger partial charge in [-0.25, -0.2) is 8.42 Å². The highest BCUT2D eigenvalue weighted by atomic mass is 79.9. The third-order valence-corrected chi connectivity index (χ3v) is 5.13. The highest BCUT2D eigenvalue weighted by Gasteiger charge is 2.31. The molecule has 8 heteroatoms. The Morgan fingerprint density at radius 1 is 1.44 bits per heavy atom. The first-order valence-electron chi connectivity index (χ1n) is 5.58. The summed E-state index contributed by atoms with van der Waals surface area (Å²) in [5, 5.41) is 3.58. The van der Waals surface area contributed by atoms with Crippen LogP contribution in [0.3, 0.4) is 0 Å². The summed E-state index contributed by atoms with van der Waals surface area (Å²) in [5.74, 6) is 5.52. The van der Waals surface area contributed by atoms with Crippen molar-refractivity contribution in [1.29, 1.82) is 0 Å². The molecule has 104 valence electrons. The molecule has 0 aliphatic carbocycles. The zero-order valence-corrected chi connectivity index (χ0v) is 13.3. The predicted octanol–water partition coefficient (Wildman–Crippen LogP) is 1.16. The summed E-state index contributed by atoms with van der Waals surface area (Å²) in [6.07, 6.45) is 2.85. The van der Waals surface area contributed by atoms with E-state index in [1.54, 1.807) is 17.8 Å². The van der Waals surface area contributed by atoms with Crippen molar-refractivity contribution in [2.24, 2.45) is 5.84 Å². The summed E-state index contributed by atoms with van der Waals surface area (Å²) in [5.41, 5.74) is 3.32. The summed E-state index contributed by atoms with van der Waals surface area (Å²) >= 11 is 3.39. The van der Waals surface area contributed by atoms with E-state index in [0.29, 0.717) is 0 Å². The molecule has 1 aromatic rings. The number of sulfone groups is 1. The Labute approximate surface area is 116 Å². The van der Waals surface area contributed by atoms with E-state index < -0.39 is 21.1 Å². The summed E-state index contributed by atoms with van der Waals surface area (Å²) in [6, 6.07) is -0.395. The Bertz CT molecular complexity index is 512. The molecule has 1 heterocycles. The molecule has 0 saturated heterocycles. The van der Waals surface area contributed by atoms with E-state index in [-0.39, 0.29) is 6.04 Å². The average molecular weight is 339 g/mol. The fourth-order valence-corrected chi connectivity index (χ4v) is 2.96. The van der Waals surface area contributed by atoms with Gasteiger partial charge in [0.2, 0.25) is 0 Å². The van der Waals surface area contributed by atoms with Crippen molar-refractivity contribution < 1.29 is 8.42 Å². The van der Waals surface area contributed by atoms with Gasteiger partial charge < -0.3 is 0 Å². The van der Waals surface area contributed by atoms with E-state index in [1.807, 2.05) is 13.8 Å². The summed E-state index contributed by atoms with van der Waals surface area (Å²) in [6.45, 7) is 5.58. The van der Waals surface area contributed by atoms with E-state index in [1.165, 1.54) is 6.26 Å². The number of halogens is 1. The largest absolute Gasteiger partial charge is 0.271 e. The van der Waals surface area contributed by atoms with E-state index in [9.17, 15) is 8.42 Å². The van der Waals surface area contributed by atoms with E-state index in [0.717, 1.165) is 10.2 Å². The van der Waals surface area contributed by atoms with E-state index in [2.05, 4.69) is 26.5 Å². The summed E-state index contributed by atoms with van der Waals surface area (Å²) in [7, 11) is -3.20. The minimum absolute atomic E-state index is 0.119. The van der Waals surface area contributed by atoms with Gasteiger partial charge in [0.05, 0.1) is 27.7 Å². The molecule has 6 nitrogen and oxygen atoms in total. The van der Waals surface area contributed by atoms with Crippen LogP contribution >= 0.6 is 15.9 Å². The minimum Gasteiger partial charge on any atom is -0.271 e. The Balaban J connectivity index is 3.29. The molecule has 2 atom stereocenters. The van der Waals surface area contributed by atoms with Crippen LogP contribution in [-0.2, 0) is 9.84 Å². The van der Waals surface area contributed by atoms with Crippen molar-refractivity contribution in [2.45, 2.75) is 38.1 Å². The lowest BCUT2D eigenvalue weighted by Gasteiger charge is -2.24. The van der Waals surface area contributed by atoms with Crippen LogP contribution in [0.25, 0.3) is 0 Å². The Hall–Kier alpha value is -0.440. The van der Waals surface area contributed by atoms with E-state index >= 15 is 0 Å². The van der Waals surface area contributed by atoms with Crippen LogP contribution in [0.15, 0.2) is 10.7 Å². The summed E-state index contributed by atoms with van der Waals surface area (Å²) < 4.78 is 25.9. The van der Waals surface area contributed by atoms with Gasteiger partial charge in [-0.05, 0) is 36.7 Å². The third kappa shape index (κ3) is 3.11. The molecule has 0 radical (unpaired) electrons. The van der Waals surface area contributed by atoms with Gasteiger partial charge in [-0.3, -0.25) is 16.0 Å². The molecule has 0 fully saturated rings. The topological polar surface area (TPSA) is 90.0 Å². The van der Waals surface area contributed by atoms with Crippen LogP contribution in [0.1, 0.15) is 38.5 Å². The average Bonchev–Trinajstić information content (AvgIpc) is 2.61. The summed E-state index contributed by atoms with van der Waals surface area (Å²) in [4.78, 5) is 0. The first-order valence-corrected chi connectivity index (χ1v) is 8.32. The molecule has 18 heavy (non-hydrogen) atoms. The molecule has 1 rings (SSSR count). The Morgan fingerprint density at radius 3 is 2.39 bits per heavy atom. The van der Waals surface area contributed by atoms with Gasteiger partial charge in [0.25, 0.3) is 0 Å². The molecule has 0 aromatic carbocycles. The molecule has 0 amide bonds. The number of nitrogens with two attached hydrogens (primary N) is 1. The number of hydrogen-bond donors (Lipinski definition) is 2. The maximum Gasteiger partial charge on any atom is 0.152 e. The number of hydrazine groups is 1. The Kier molecular flexibility index (Phi) is 4.93. The van der Waals surface area contributed by atoms with Crippen molar-refractivity contribution >= 4 is 25.8 Å². The monoisotopic (exact) mass is 338 g/mol. The lowest BCUT2D eigenvalue weighted by molar-refractivity contribution is 0.437. The Morgan fingerprint density at radius 2 is 2.00 bits per heavy atom. The molecule has 2 unspecified atom stereocenters. The van der Waals surface area contributed by atoms with Gasteiger partial charge in [-0.15, -0.1) is 0 Å². The first kappa shape index (κ1) is 15.6. The maximum absolute atomic E-state index is 11.7. The van der Waals surface area contributed by atoms with Gasteiger partial charge in [0.1, 0.15) is 0 Å². The van der Waals surface area contributed by atoms with Gasteiger partial charge in [-0.2, -0.15) is 5.10 Å². The number of nitrogens with zero attached hydrogens (tertiary/aromatic N) is 2. The van der Waals surface area contributed by atoms with Crippen molar-refractivity contribution in [2.75, 3.05) is 6.26 Å². The van der Waals surface area contributed by atoms with Crippen LogP contribution < -0.4 is 11.3 Å². The number of nitrogens with one attached hydrogen (secondary N) is 1. The normalized spacial score (nSPS) is 15.9. The van der Waals surface area contributed by atoms with Crippen LogP contribution in [0.5, 0.6) is 0 Å². The fourth-order valence-electron chi connectivity index (χ4n) is 1.74. The quantitative estimate of drug-likeness (QED) is 0.621. The van der Waals surface area contributed by atoms with Crippen molar-refractivity contribution in [3.8, 4) is 0 Å². The SMILES string of the molecule is CC(C)n1ncc(Br)c1C(NN)C(C)S(C)(=O)=O. The molecule has 0 spiro atoms. The van der Waals surface area contributed by atoms with Crippen LogP contribution in [-0.4, -0.2) is 29.7 Å². The second-order valence-electron chi connectivity index (χ2n) is 4.60. The molecule has 0 saturated carbocycles. The minimum atomic E-state index is -3.20. The van der Waals surface area contributed by atoms with Crippen LogP contribution in [0.4, 0.5) is 0 Å². The number of aromatic nitrogens is 2. The zero-order chi connectivity index (χ0) is 14.1. The fraction of sp³-hybridized carbons (Fsp3) is 0.700. The molecular weight excluding hydrogens is 320 g/mol. The first-order chi connectivity index (χ1) is 8.20. The third-order valence-electron chi connectivity index (χ3n) is 2.90. The van der Waals surface area contributed by atoms with Crippen LogP contribution in [0.2, 0.25) is 0 Å². The van der Waals surface area contributed by atoms with Crippen molar-refractivity contribution in [1.82, 2.24) is 15.2 Å². The lowest BCUT2D eigenvalue weighted by atomic mass is 10.1. The van der Waals surface area contributed by atoms with Gasteiger partial charge in [0.15, 0.2) is 9.84 Å². The molecule has 1 aromatic heterocycles. The molecule has 0 bridgehead atoms. The lowest BCUT2D eigenvalue weighted by Crippen LogP contribution is -2.40. The van der Waals surface area contributed by atoms with Gasteiger partial charge in [-0.1, -0.05) is 0 Å². The van der Waals surface area contributed by atoms with Crippen molar-refractivity contribution in [3.63, 3.8) is 0 Å². The van der Waals surface area contributed by atoms with Crippen LogP contribution in [0, 0.1) is 0 Å².